The van der Waals surface area contributed by atoms with Gasteiger partial charge in [0.15, 0.2) is 6.61 Å². The summed E-state index contributed by atoms with van der Waals surface area (Å²) in [5, 5.41) is 3.38. The number of nitrogens with one attached hydrogen (secondary N) is 1. The topological polar surface area (TPSA) is 47.6 Å². The molecule has 0 unspecified atom stereocenters. The van der Waals surface area contributed by atoms with Gasteiger partial charge in [-0.15, -0.1) is 0 Å². The second-order valence-electron chi connectivity index (χ2n) is 5.07. The first-order chi connectivity index (χ1) is 11.0. The largest absolute Gasteiger partial charge is 0.489 e. The number of para-hydroxylation sites is 2. The monoisotopic (exact) mass is 397 g/mol. The minimum Gasteiger partial charge on any atom is -0.489 e. The SMILES string of the molecule is CC(C)Oc1ccccc1NC(=O)COc1ccc(Cl)cc1Br. The zero-order valence-electron chi connectivity index (χ0n) is 12.8. The van der Waals surface area contributed by atoms with Gasteiger partial charge in [0, 0.05) is 5.02 Å². The predicted octanol–water partition coefficient (Wildman–Crippen LogP) is 4.91. The van der Waals surface area contributed by atoms with Crippen molar-refractivity contribution in [3.8, 4) is 11.5 Å². The molecule has 0 fully saturated rings. The first-order valence-electron chi connectivity index (χ1n) is 7.09. The van der Waals surface area contributed by atoms with Crippen molar-refractivity contribution in [2.75, 3.05) is 11.9 Å². The van der Waals surface area contributed by atoms with Crippen LogP contribution >= 0.6 is 27.5 Å². The van der Waals surface area contributed by atoms with Crippen LogP contribution in [-0.4, -0.2) is 18.6 Å². The van der Waals surface area contributed by atoms with Crippen molar-refractivity contribution in [3.63, 3.8) is 0 Å². The van der Waals surface area contributed by atoms with E-state index in [1.165, 1.54) is 0 Å². The van der Waals surface area contributed by atoms with Gasteiger partial charge in [0.1, 0.15) is 11.5 Å². The van der Waals surface area contributed by atoms with E-state index >= 15 is 0 Å². The molecule has 0 spiro atoms. The third kappa shape index (κ3) is 5.44. The number of carbonyl (C=O) groups is 1. The molecule has 4 nitrogen and oxygen atoms in total. The number of anilines is 1. The molecule has 0 saturated heterocycles. The van der Waals surface area contributed by atoms with Crippen LogP contribution in [0.15, 0.2) is 46.9 Å². The van der Waals surface area contributed by atoms with Crippen molar-refractivity contribution in [3.05, 3.63) is 52.0 Å². The van der Waals surface area contributed by atoms with Gasteiger partial charge >= 0.3 is 0 Å². The molecule has 0 aliphatic heterocycles. The van der Waals surface area contributed by atoms with Gasteiger partial charge in [0.05, 0.1) is 16.3 Å². The number of hydrogen-bond acceptors (Lipinski definition) is 3. The molecule has 0 radical (unpaired) electrons. The quantitative estimate of drug-likeness (QED) is 0.752. The average molecular weight is 399 g/mol. The van der Waals surface area contributed by atoms with Gasteiger partial charge < -0.3 is 14.8 Å². The zero-order valence-corrected chi connectivity index (χ0v) is 15.1. The maximum Gasteiger partial charge on any atom is 0.262 e. The number of halogens is 2. The first kappa shape index (κ1) is 17.6. The Kier molecular flexibility index (Phi) is 6.30. The normalized spacial score (nSPS) is 10.5. The third-order valence-corrected chi connectivity index (χ3v) is 3.63. The van der Waals surface area contributed by atoms with Gasteiger partial charge in [-0.3, -0.25) is 4.79 Å². The summed E-state index contributed by atoms with van der Waals surface area (Å²) in [5.41, 5.74) is 0.616. The van der Waals surface area contributed by atoms with Gasteiger partial charge in [-0.1, -0.05) is 23.7 Å². The van der Waals surface area contributed by atoms with Crippen molar-refractivity contribution in [1.82, 2.24) is 0 Å². The molecule has 0 heterocycles. The fraction of sp³-hybridized carbons (Fsp3) is 0.235. The van der Waals surface area contributed by atoms with Gasteiger partial charge in [-0.05, 0) is 60.1 Å². The maximum atomic E-state index is 12.1. The molecule has 0 aliphatic rings. The number of hydrogen-bond donors (Lipinski definition) is 1. The van der Waals surface area contributed by atoms with Crippen LogP contribution in [0, 0.1) is 0 Å². The summed E-state index contributed by atoms with van der Waals surface area (Å²) >= 11 is 9.21. The molecule has 1 N–H and O–H groups in total. The molecule has 6 heteroatoms. The van der Waals surface area contributed by atoms with Gasteiger partial charge in [0.2, 0.25) is 0 Å². The Labute approximate surface area is 148 Å². The minimum atomic E-state index is -0.272. The summed E-state index contributed by atoms with van der Waals surface area (Å²) in [6.45, 7) is 3.75. The highest BCUT2D eigenvalue weighted by molar-refractivity contribution is 9.10. The molecule has 0 aliphatic carbocycles. The third-order valence-electron chi connectivity index (χ3n) is 2.78. The lowest BCUT2D eigenvalue weighted by Crippen LogP contribution is -2.21. The number of amides is 1. The Morgan fingerprint density at radius 2 is 1.96 bits per heavy atom. The van der Waals surface area contributed by atoms with Crippen LogP contribution in [0.25, 0.3) is 0 Å². The molecular weight excluding hydrogens is 382 g/mol. The van der Waals surface area contributed by atoms with Crippen molar-refractivity contribution < 1.29 is 14.3 Å². The van der Waals surface area contributed by atoms with Crippen LogP contribution in [0.5, 0.6) is 11.5 Å². The molecule has 0 aromatic heterocycles. The Balaban J connectivity index is 1.97. The Hall–Kier alpha value is -1.72. The summed E-state index contributed by atoms with van der Waals surface area (Å²) in [7, 11) is 0. The van der Waals surface area contributed by atoms with E-state index in [2.05, 4.69) is 21.2 Å². The van der Waals surface area contributed by atoms with Gasteiger partial charge in [-0.2, -0.15) is 0 Å². The molecule has 0 bridgehead atoms. The van der Waals surface area contributed by atoms with Gasteiger partial charge in [0.25, 0.3) is 5.91 Å². The molecule has 0 saturated carbocycles. The van der Waals surface area contributed by atoms with Crippen molar-refractivity contribution >= 4 is 39.1 Å². The second kappa shape index (κ2) is 8.22. The number of rotatable bonds is 6. The van der Waals surface area contributed by atoms with E-state index in [1.807, 2.05) is 32.0 Å². The fourth-order valence-corrected chi connectivity index (χ4v) is 2.65. The zero-order chi connectivity index (χ0) is 16.8. The first-order valence-corrected chi connectivity index (χ1v) is 8.26. The Morgan fingerprint density at radius 3 is 2.65 bits per heavy atom. The number of carbonyl (C=O) groups excluding carboxylic acids is 1. The summed E-state index contributed by atoms with van der Waals surface area (Å²) in [5.74, 6) is 0.909. The minimum absolute atomic E-state index is 0.0225. The maximum absolute atomic E-state index is 12.1. The van der Waals surface area contributed by atoms with Crippen LogP contribution in [0.1, 0.15) is 13.8 Å². The van der Waals surface area contributed by atoms with E-state index < -0.39 is 0 Å². The van der Waals surface area contributed by atoms with E-state index in [1.54, 1.807) is 24.3 Å². The van der Waals surface area contributed by atoms with Gasteiger partial charge in [-0.25, -0.2) is 0 Å². The van der Waals surface area contributed by atoms with Crippen LogP contribution in [0.4, 0.5) is 5.69 Å². The molecule has 2 aromatic carbocycles. The van der Waals surface area contributed by atoms with Crippen LogP contribution in [0.3, 0.4) is 0 Å². The molecular formula is C17H17BrClNO3. The van der Waals surface area contributed by atoms with Crippen molar-refractivity contribution in [2.24, 2.45) is 0 Å². The summed E-state index contributed by atoms with van der Waals surface area (Å²) in [6, 6.07) is 12.4. The van der Waals surface area contributed by atoms with E-state index in [0.717, 1.165) is 0 Å². The fourth-order valence-electron chi connectivity index (χ4n) is 1.85. The highest BCUT2D eigenvalue weighted by Gasteiger charge is 2.10. The Morgan fingerprint density at radius 1 is 1.22 bits per heavy atom. The van der Waals surface area contributed by atoms with E-state index in [9.17, 15) is 4.79 Å². The lowest BCUT2D eigenvalue weighted by molar-refractivity contribution is -0.118. The highest BCUT2D eigenvalue weighted by Crippen LogP contribution is 2.28. The summed E-state index contributed by atoms with van der Waals surface area (Å²) < 4.78 is 11.8. The molecule has 23 heavy (non-hydrogen) atoms. The second-order valence-corrected chi connectivity index (χ2v) is 6.37. The smallest absolute Gasteiger partial charge is 0.262 e. The van der Waals surface area contributed by atoms with Crippen LogP contribution < -0.4 is 14.8 Å². The molecule has 1 amide bonds. The molecule has 0 atom stereocenters. The van der Waals surface area contributed by atoms with Crippen LogP contribution in [0.2, 0.25) is 5.02 Å². The predicted molar refractivity (Wildman–Crippen MR) is 95.5 cm³/mol. The van der Waals surface area contributed by atoms with E-state index in [4.69, 9.17) is 21.1 Å². The van der Waals surface area contributed by atoms with E-state index in [-0.39, 0.29) is 18.6 Å². The lowest BCUT2D eigenvalue weighted by Gasteiger charge is -2.15. The summed E-state index contributed by atoms with van der Waals surface area (Å²) in [4.78, 5) is 12.1. The standard InChI is InChI=1S/C17H17BrClNO3/c1-11(2)23-16-6-4-3-5-14(16)20-17(21)10-22-15-8-7-12(19)9-13(15)18/h3-9,11H,10H2,1-2H3,(H,20,21). The number of benzene rings is 2. The summed E-state index contributed by atoms with van der Waals surface area (Å²) in [6.07, 6.45) is 0.0225. The number of ether oxygens (including phenoxy) is 2. The van der Waals surface area contributed by atoms with Crippen molar-refractivity contribution in [2.45, 2.75) is 20.0 Å². The molecule has 2 aromatic rings. The van der Waals surface area contributed by atoms with Crippen LogP contribution in [-0.2, 0) is 4.79 Å². The molecule has 122 valence electrons. The average Bonchev–Trinajstić information content (AvgIpc) is 2.48. The lowest BCUT2D eigenvalue weighted by atomic mass is 10.3. The van der Waals surface area contributed by atoms with Crippen molar-refractivity contribution in [1.29, 1.82) is 0 Å². The Bertz CT molecular complexity index is 691. The molecule has 2 rings (SSSR count). The highest BCUT2D eigenvalue weighted by atomic mass is 79.9. The van der Waals surface area contributed by atoms with E-state index in [0.29, 0.717) is 26.7 Å².